The summed E-state index contributed by atoms with van der Waals surface area (Å²) in [6, 6.07) is 11.1. The van der Waals surface area contributed by atoms with Crippen LogP contribution in [0.1, 0.15) is 36.4 Å². The summed E-state index contributed by atoms with van der Waals surface area (Å²) in [5.41, 5.74) is 1.47. The Balaban J connectivity index is 1.68. The number of nitrogens with zero attached hydrogens (tertiary/aromatic N) is 3. The van der Waals surface area contributed by atoms with Gasteiger partial charge in [0, 0.05) is 37.1 Å². The van der Waals surface area contributed by atoms with E-state index in [0.29, 0.717) is 41.5 Å². The van der Waals surface area contributed by atoms with Gasteiger partial charge in [-0.1, -0.05) is 18.2 Å². The van der Waals surface area contributed by atoms with Gasteiger partial charge in [-0.15, -0.1) is 0 Å². The molecule has 1 saturated carbocycles. The summed E-state index contributed by atoms with van der Waals surface area (Å²) in [5.74, 6) is 0.286. The first-order valence-corrected chi connectivity index (χ1v) is 11.6. The van der Waals surface area contributed by atoms with E-state index in [1.807, 2.05) is 0 Å². The Bertz CT molecular complexity index is 1120. The number of carbonyl (C=O) groups is 2. The van der Waals surface area contributed by atoms with Crippen molar-refractivity contribution in [1.29, 1.82) is 0 Å². The fourth-order valence-electron chi connectivity index (χ4n) is 4.23. The van der Waals surface area contributed by atoms with Gasteiger partial charge in [0.2, 0.25) is 5.91 Å². The average molecular weight is 484 g/mol. The molecule has 0 aromatic heterocycles. The van der Waals surface area contributed by atoms with E-state index in [-0.39, 0.29) is 30.7 Å². The minimum absolute atomic E-state index is 0.0370. The molecule has 1 atom stereocenters. The number of methoxy groups -OCH3 is 3. The first-order valence-electron chi connectivity index (χ1n) is 11.6. The van der Waals surface area contributed by atoms with Crippen molar-refractivity contribution in [2.24, 2.45) is 11.0 Å². The van der Waals surface area contributed by atoms with Crippen molar-refractivity contribution in [2.75, 3.05) is 41.0 Å². The first-order chi connectivity index (χ1) is 17.0. The Morgan fingerprint density at radius 3 is 2.54 bits per heavy atom. The molecule has 0 spiro atoms. The van der Waals surface area contributed by atoms with E-state index in [1.54, 1.807) is 57.7 Å². The van der Waals surface area contributed by atoms with Crippen LogP contribution in [0.25, 0.3) is 0 Å². The Hall–Kier alpha value is -3.46. The number of amides is 2. The summed E-state index contributed by atoms with van der Waals surface area (Å²) in [6.45, 7) is 0.487. The predicted octanol–water partition coefficient (Wildman–Crippen LogP) is 3.41. The van der Waals surface area contributed by atoms with Gasteiger partial charge in [-0.05, 0) is 37.1 Å². The molecule has 1 aliphatic heterocycles. The van der Waals surface area contributed by atoms with Crippen LogP contribution in [0.5, 0.6) is 11.5 Å². The third kappa shape index (κ3) is 5.45. The normalized spacial score (nSPS) is 17.2. The molecular formula is C26H30FN3O5. The molecule has 1 fully saturated rings. The molecule has 2 aromatic rings. The highest BCUT2D eigenvalue weighted by atomic mass is 19.1. The van der Waals surface area contributed by atoms with Crippen LogP contribution in [0.4, 0.5) is 4.39 Å². The lowest BCUT2D eigenvalue weighted by Gasteiger charge is -2.27. The van der Waals surface area contributed by atoms with Crippen LogP contribution in [0, 0.1) is 11.7 Å². The second-order valence-corrected chi connectivity index (χ2v) is 8.62. The quantitative estimate of drug-likeness (QED) is 0.518. The van der Waals surface area contributed by atoms with Gasteiger partial charge in [0.05, 0.1) is 32.6 Å². The molecule has 0 saturated heterocycles. The van der Waals surface area contributed by atoms with Crippen molar-refractivity contribution in [2.45, 2.75) is 25.3 Å². The molecule has 1 heterocycles. The highest BCUT2D eigenvalue weighted by Crippen LogP contribution is 2.40. The summed E-state index contributed by atoms with van der Waals surface area (Å²) >= 11 is 0. The number of hydrogen-bond acceptors (Lipinski definition) is 6. The number of rotatable bonds is 10. The standard InChI is InChI=1S/C26H30FN3O5/c1-33-13-12-29(26(32)17-8-9-17)16-25(31)30-23(20-14-18(34-2)10-11-24(20)35-3)15-22(28-30)19-6-4-5-7-21(19)27/h4-7,10-11,14,17,23H,8-9,12-13,15-16H2,1-3H3/t23-/m0/s1. The van der Waals surface area contributed by atoms with Crippen LogP contribution >= 0.6 is 0 Å². The van der Waals surface area contributed by atoms with E-state index in [4.69, 9.17) is 14.2 Å². The molecule has 186 valence electrons. The van der Waals surface area contributed by atoms with Crippen molar-refractivity contribution in [3.8, 4) is 11.5 Å². The fraction of sp³-hybridized carbons (Fsp3) is 0.423. The molecule has 0 unspecified atom stereocenters. The van der Waals surface area contributed by atoms with E-state index in [0.717, 1.165) is 12.8 Å². The maximum Gasteiger partial charge on any atom is 0.262 e. The van der Waals surface area contributed by atoms with E-state index in [9.17, 15) is 14.0 Å². The van der Waals surface area contributed by atoms with Gasteiger partial charge in [-0.25, -0.2) is 9.40 Å². The maximum absolute atomic E-state index is 14.6. The van der Waals surface area contributed by atoms with Crippen LogP contribution < -0.4 is 9.47 Å². The van der Waals surface area contributed by atoms with E-state index in [1.165, 1.54) is 16.0 Å². The molecule has 2 aliphatic rings. The molecule has 35 heavy (non-hydrogen) atoms. The lowest BCUT2D eigenvalue weighted by molar-refractivity contribution is -0.142. The summed E-state index contributed by atoms with van der Waals surface area (Å²) in [5, 5.41) is 5.90. The van der Waals surface area contributed by atoms with Gasteiger partial charge in [-0.3, -0.25) is 9.59 Å². The molecule has 0 bridgehead atoms. The summed E-state index contributed by atoms with van der Waals surface area (Å²) in [6.07, 6.45) is 1.95. The third-order valence-electron chi connectivity index (χ3n) is 6.28. The number of hydrogen-bond donors (Lipinski definition) is 0. The molecular weight excluding hydrogens is 453 g/mol. The van der Waals surface area contributed by atoms with E-state index < -0.39 is 11.9 Å². The van der Waals surface area contributed by atoms with E-state index >= 15 is 0 Å². The largest absolute Gasteiger partial charge is 0.497 e. The highest BCUT2D eigenvalue weighted by molar-refractivity contribution is 6.03. The minimum Gasteiger partial charge on any atom is -0.497 e. The second-order valence-electron chi connectivity index (χ2n) is 8.62. The Labute approximate surface area is 204 Å². The van der Waals surface area contributed by atoms with Crippen LogP contribution in [0.15, 0.2) is 47.6 Å². The Morgan fingerprint density at radius 1 is 1.11 bits per heavy atom. The molecule has 8 nitrogen and oxygen atoms in total. The molecule has 9 heteroatoms. The summed E-state index contributed by atoms with van der Waals surface area (Å²) in [4.78, 5) is 27.9. The highest BCUT2D eigenvalue weighted by Gasteiger charge is 2.39. The van der Waals surface area contributed by atoms with Gasteiger partial charge in [0.15, 0.2) is 0 Å². The van der Waals surface area contributed by atoms with Gasteiger partial charge < -0.3 is 19.1 Å². The van der Waals surface area contributed by atoms with Crippen molar-refractivity contribution >= 4 is 17.5 Å². The minimum atomic E-state index is -0.553. The van der Waals surface area contributed by atoms with Crippen molar-refractivity contribution in [3.05, 3.63) is 59.4 Å². The molecule has 2 amide bonds. The number of halogens is 1. The van der Waals surface area contributed by atoms with Crippen LogP contribution in [-0.4, -0.2) is 68.5 Å². The molecule has 1 aliphatic carbocycles. The summed E-state index contributed by atoms with van der Waals surface area (Å²) in [7, 11) is 4.66. The third-order valence-corrected chi connectivity index (χ3v) is 6.28. The lowest BCUT2D eigenvalue weighted by Crippen LogP contribution is -2.43. The maximum atomic E-state index is 14.6. The number of carbonyl (C=O) groups excluding carboxylic acids is 2. The van der Waals surface area contributed by atoms with Crippen LogP contribution in [0.2, 0.25) is 0 Å². The van der Waals surface area contributed by atoms with Crippen LogP contribution in [0.3, 0.4) is 0 Å². The topological polar surface area (TPSA) is 80.7 Å². The Morgan fingerprint density at radius 2 is 1.89 bits per heavy atom. The fourth-order valence-corrected chi connectivity index (χ4v) is 4.23. The molecule has 0 N–H and O–H groups in total. The Kier molecular flexibility index (Phi) is 7.65. The number of hydrazone groups is 1. The predicted molar refractivity (Wildman–Crippen MR) is 128 cm³/mol. The molecule has 4 rings (SSSR count). The zero-order valence-corrected chi connectivity index (χ0v) is 20.2. The van der Waals surface area contributed by atoms with Crippen molar-refractivity contribution in [1.82, 2.24) is 9.91 Å². The smallest absolute Gasteiger partial charge is 0.262 e. The van der Waals surface area contributed by atoms with Gasteiger partial charge >= 0.3 is 0 Å². The van der Waals surface area contributed by atoms with Crippen molar-refractivity contribution in [3.63, 3.8) is 0 Å². The van der Waals surface area contributed by atoms with E-state index in [2.05, 4.69) is 5.10 Å². The molecule has 2 aromatic carbocycles. The number of benzene rings is 2. The molecule has 0 radical (unpaired) electrons. The second kappa shape index (κ2) is 10.9. The zero-order valence-electron chi connectivity index (χ0n) is 20.2. The summed E-state index contributed by atoms with van der Waals surface area (Å²) < 4.78 is 30.7. The average Bonchev–Trinajstić information content (AvgIpc) is 3.64. The van der Waals surface area contributed by atoms with Crippen LogP contribution in [-0.2, 0) is 14.3 Å². The first kappa shape index (κ1) is 24.7. The van der Waals surface area contributed by atoms with Gasteiger partial charge in [-0.2, -0.15) is 5.10 Å². The van der Waals surface area contributed by atoms with Gasteiger partial charge in [0.1, 0.15) is 23.9 Å². The lowest BCUT2D eigenvalue weighted by atomic mass is 9.97. The number of ether oxygens (including phenoxy) is 3. The van der Waals surface area contributed by atoms with Crippen molar-refractivity contribution < 1.29 is 28.2 Å². The van der Waals surface area contributed by atoms with Gasteiger partial charge in [0.25, 0.3) is 5.91 Å². The SMILES string of the molecule is COCCN(CC(=O)N1N=C(c2ccccc2F)C[C@H]1c1cc(OC)ccc1OC)C(=O)C1CC1. The monoisotopic (exact) mass is 483 g/mol. The zero-order chi connectivity index (χ0) is 24.9.